The molecule has 0 saturated heterocycles. The van der Waals surface area contributed by atoms with Crippen LogP contribution in [0.1, 0.15) is 20.7 Å². The van der Waals surface area contributed by atoms with Crippen LogP contribution in [-0.4, -0.2) is 83.1 Å². The third kappa shape index (κ3) is 8.31. The normalized spacial score (nSPS) is 14.3. The van der Waals surface area contributed by atoms with E-state index in [4.69, 9.17) is 23.2 Å². The number of carbonyl (C=O) groups is 4. The van der Waals surface area contributed by atoms with Crippen LogP contribution in [0.4, 0.5) is 14.5 Å². The van der Waals surface area contributed by atoms with E-state index in [0.29, 0.717) is 11.3 Å². The molecule has 1 aromatic heterocycles. The summed E-state index contributed by atoms with van der Waals surface area (Å²) in [6.07, 6.45) is 1.67. The number of fused-ring (bicyclic) bond motifs is 1. The number of halogens is 4. The first-order valence-corrected chi connectivity index (χ1v) is 14.7. The highest BCUT2D eigenvalue weighted by Crippen LogP contribution is 2.33. The van der Waals surface area contributed by atoms with Crippen molar-refractivity contribution in [2.75, 3.05) is 31.5 Å². The third-order valence-electron chi connectivity index (χ3n) is 6.93. The van der Waals surface area contributed by atoms with Gasteiger partial charge in [0.15, 0.2) is 5.96 Å². The number of carbonyl (C=O) groups excluding carboxylic acids is 3. The number of aromatic amines is 1. The van der Waals surface area contributed by atoms with Gasteiger partial charge in [-0.3, -0.25) is 19.5 Å². The molecule has 0 spiro atoms. The van der Waals surface area contributed by atoms with Gasteiger partial charge < -0.3 is 31.7 Å². The van der Waals surface area contributed by atoms with Gasteiger partial charge in [-0.05, 0) is 47.5 Å². The molecule has 7 N–H and O–H groups in total. The summed E-state index contributed by atoms with van der Waals surface area (Å²) in [5.41, 5.74) is 2.55. The van der Waals surface area contributed by atoms with E-state index in [0.717, 1.165) is 16.5 Å². The number of benzene rings is 3. The minimum Gasteiger partial charge on any atom is -0.480 e. The van der Waals surface area contributed by atoms with Crippen LogP contribution >= 0.6 is 23.2 Å². The summed E-state index contributed by atoms with van der Waals surface area (Å²) >= 11 is 12.8. The number of carboxylic acid groups (broad SMARTS) is 1. The van der Waals surface area contributed by atoms with Gasteiger partial charge in [0.2, 0.25) is 5.91 Å². The predicted octanol–water partition coefficient (Wildman–Crippen LogP) is 3.27. The lowest BCUT2D eigenvalue weighted by molar-refractivity contribution is -0.139. The van der Waals surface area contributed by atoms with Gasteiger partial charge in [-0.2, -0.15) is 5.10 Å². The molecule has 47 heavy (non-hydrogen) atoms. The fourth-order valence-electron chi connectivity index (χ4n) is 4.52. The van der Waals surface area contributed by atoms with Crippen molar-refractivity contribution in [3.8, 4) is 11.1 Å². The van der Waals surface area contributed by atoms with Crippen LogP contribution in [0.5, 0.6) is 0 Å². The summed E-state index contributed by atoms with van der Waals surface area (Å²) in [7, 11) is 0. The molecule has 1 aliphatic rings. The Morgan fingerprint density at radius 1 is 0.979 bits per heavy atom. The number of amides is 3. The van der Waals surface area contributed by atoms with Crippen molar-refractivity contribution in [3.05, 3.63) is 82.0 Å². The second-order valence-electron chi connectivity index (χ2n) is 10.4. The first-order chi connectivity index (χ1) is 22.4. The number of hydrogen-bond donors (Lipinski definition) is 7. The Kier molecular flexibility index (Phi) is 9.86. The molecular formula is C30H26Cl2F2N8O5. The van der Waals surface area contributed by atoms with Crippen molar-refractivity contribution in [2.24, 2.45) is 4.99 Å². The van der Waals surface area contributed by atoms with E-state index in [2.05, 4.69) is 41.8 Å². The fraction of sp³-hybridized carbons (Fsp3) is 0.200. The Morgan fingerprint density at radius 3 is 2.45 bits per heavy atom. The van der Waals surface area contributed by atoms with Gasteiger partial charge in [0.05, 0.1) is 40.4 Å². The molecule has 1 atom stereocenters. The highest BCUT2D eigenvalue weighted by atomic mass is 35.5. The maximum absolute atomic E-state index is 13.3. The largest absolute Gasteiger partial charge is 0.480 e. The monoisotopic (exact) mass is 686 g/mol. The molecule has 1 aliphatic heterocycles. The second kappa shape index (κ2) is 14.0. The van der Waals surface area contributed by atoms with Crippen LogP contribution in [0.25, 0.3) is 22.0 Å². The van der Waals surface area contributed by atoms with Crippen LogP contribution in [0.15, 0.2) is 65.8 Å². The number of nitrogens with one attached hydrogen (secondary N) is 6. The van der Waals surface area contributed by atoms with Gasteiger partial charge in [0.25, 0.3) is 17.7 Å². The molecule has 0 saturated carbocycles. The van der Waals surface area contributed by atoms with Crippen molar-refractivity contribution in [3.63, 3.8) is 0 Å². The zero-order valence-corrected chi connectivity index (χ0v) is 25.7. The van der Waals surface area contributed by atoms with Crippen molar-refractivity contribution in [2.45, 2.75) is 12.0 Å². The van der Waals surface area contributed by atoms with Crippen LogP contribution in [0, 0.1) is 0 Å². The third-order valence-corrected chi connectivity index (χ3v) is 7.53. The average molecular weight is 687 g/mol. The summed E-state index contributed by atoms with van der Waals surface area (Å²) in [6, 6.07) is 13.0. The second-order valence-corrected chi connectivity index (χ2v) is 11.2. The Hall–Kier alpha value is -5.28. The number of anilines is 1. The fourth-order valence-corrected chi connectivity index (χ4v) is 5.18. The summed E-state index contributed by atoms with van der Waals surface area (Å²) in [4.78, 5) is 53.6. The maximum Gasteiger partial charge on any atom is 0.328 e. The molecule has 244 valence electrons. The van der Waals surface area contributed by atoms with Gasteiger partial charge in [-0.25, -0.2) is 18.6 Å². The highest BCUT2D eigenvalue weighted by Gasteiger charge is 2.32. The van der Waals surface area contributed by atoms with Crippen molar-refractivity contribution in [1.82, 2.24) is 31.5 Å². The summed E-state index contributed by atoms with van der Waals surface area (Å²) in [5.74, 6) is -6.50. The molecule has 13 nitrogen and oxygen atoms in total. The Morgan fingerprint density at radius 2 is 1.74 bits per heavy atom. The minimum absolute atomic E-state index is 0.0191. The quantitative estimate of drug-likeness (QED) is 0.132. The number of rotatable bonds is 10. The predicted molar refractivity (Wildman–Crippen MR) is 171 cm³/mol. The minimum atomic E-state index is -2.95. The zero-order valence-electron chi connectivity index (χ0n) is 24.2. The van der Waals surface area contributed by atoms with E-state index < -0.39 is 61.8 Å². The number of aliphatic imine (C=N–C) groups is 1. The topological polar surface area (TPSA) is 190 Å². The standard InChI is InChI=1S/C30H26Cl2F2N8O5/c31-20-7-18(15-4-5-17-10-39-42-22(17)9-15)8-21(32)25(20)27(45)41-23(28(46)47)11-35-24(43)12-36-26(44)16-2-1-3-19(6-16)40-29-37-13-30(33,34)14-38-29/h1-10,23H,11-14H2,(H,35,43)(H,36,44)(H,39,42)(H,41,45)(H,46,47)(H2,37,38,40)/t23-/m0/s1. The molecule has 0 unspecified atom stereocenters. The van der Waals surface area contributed by atoms with Crippen molar-refractivity contribution >= 4 is 69.4 Å². The molecule has 0 fully saturated rings. The number of carboxylic acids is 1. The summed E-state index contributed by atoms with van der Waals surface area (Å²) < 4.78 is 26.6. The van der Waals surface area contributed by atoms with E-state index in [1.54, 1.807) is 18.3 Å². The van der Waals surface area contributed by atoms with Gasteiger partial charge in [-0.1, -0.05) is 41.4 Å². The van der Waals surface area contributed by atoms with Gasteiger partial charge >= 0.3 is 5.97 Å². The van der Waals surface area contributed by atoms with Crippen molar-refractivity contribution < 1.29 is 33.1 Å². The van der Waals surface area contributed by atoms with Gasteiger partial charge in [-0.15, -0.1) is 0 Å². The lowest BCUT2D eigenvalue weighted by Gasteiger charge is -2.23. The van der Waals surface area contributed by atoms with Crippen LogP contribution < -0.4 is 26.6 Å². The Bertz CT molecular complexity index is 1880. The SMILES string of the molecule is O=C(CNC(=O)c1cccc(NC2=NCC(F)(F)CN2)c1)NC[C@H](NC(=O)c1c(Cl)cc(-c2ccc3cn[nH]c3c2)cc1Cl)C(=O)O. The number of H-pyrrole nitrogens is 1. The van der Waals surface area contributed by atoms with E-state index in [1.165, 1.54) is 24.3 Å². The van der Waals surface area contributed by atoms with Crippen LogP contribution in [0.3, 0.4) is 0 Å². The summed E-state index contributed by atoms with van der Waals surface area (Å²) in [6.45, 7) is -2.28. The number of guanidine groups is 1. The zero-order chi connectivity index (χ0) is 33.7. The molecule has 17 heteroatoms. The van der Waals surface area contributed by atoms with Gasteiger partial charge in [0, 0.05) is 23.2 Å². The highest BCUT2D eigenvalue weighted by molar-refractivity contribution is 6.40. The Labute approximate surface area is 275 Å². The van der Waals surface area contributed by atoms with E-state index in [9.17, 15) is 33.1 Å². The van der Waals surface area contributed by atoms with Crippen molar-refractivity contribution in [1.29, 1.82) is 0 Å². The molecule has 3 aromatic carbocycles. The molecule has 0 bridgehead atoms. The number of aromatic nitrogens is 2. The van der Waals surface area contributed by atoms with E-state index in [-0.39, 0.29) is 27.1 Å². The van der Waals surface area contributed by atoms with Crippen LogP contribution in [-0.2, 0) is 9.59 Å². The number of hydrogen-bond acceptors (Lipinski definition) is 8. The van der Waals surface area contributed by atoms with Gasteiger partial charge in [0.1, 0.15) is 12.6 Å². The molecule has 0 aliphatic carbocycles. The molecule has 0 radical (unpaired) electrons. The molecule has 5 rings (SSSR count). The lowest BCUT2D eigenvalue weighted by Crippen LogP contribution is -2.50. The lowest BCUT2D eigenvalue weighted by atomic mass is 10.0. The van der Waals surface area contributed by atoms with E-state index in [1.807, 2.05) is 18.2 Å². The molecule has 3 amide bonds. The Balaban J connectivity index is 1.14. The number of alkyl halides is 2. The maximum atomic E-state index is 13.3. The van der Waals surface area contributed by atoms with Crippen LogP contribution in [0.2, 0.25) is 10.0 Å². The average Bonchev–Trinajstić information content (AvgIpc) is 3.51. The first kappa shape index (κ1) is 33.1. The van der Waals surface area contributed by atoms with E-state index >= 15 is 0 Å². The molecule has 2 heterocycles. The number of aliphatic carboxylic acids is 1. The summed E-state index contributed by atoms with van der Waals surface area (Å²) in [5, 5.41) is 29.7. The molecular weight excluding hydrogens is 661 g/mol. The smallest absolute Gasteiger partial charge is 0.328 e. The first-order valence-electron chi connectivity index (χ1n) is 13.9. The molecule has 4 aromatic rings. The number of nitrogens with zero attached hydrogens (tertiary/aromatic N) is 2.